The number of carbonyl (C=O) groups excluding carboxylic acids is 1. The molecule has 2 aliphatic rings. The molecule has 0 atom stereocenters. The molecule has 2 aliphatic heterocycles. The zero-order chi connectivity index (χ0) is 22.7. The fourth-order valence-corrected chi connectivity index (χ4v) is 3.73. The van der Waals surface area contributed by atoms with Gasteiger partial charge in [-0.15, -0.1) is 0 Å². The molecule has 7 nitrogen and oxygen atoms in total. The minimum Gasteiger partial charge on any atom is -0.454 e. The van der Waals surface area contributed by atoms with E-state index in [1.54, 1.807) is 11.9 Å². The molecule has 0 bridgehead atoms. The molecule has 0 radical (unpaired) electrons. The highest BCUT2D eigenvalue weighted by Gasteiger charge is 2.32. The van der Waals surface area contributed by atoms with Crippen LogP contribution in [0.25, 0.3) is 0 Å². The van der Waals surface area contributed by atoms with Gasteiger partial charge in [0.1, 0.15) is 0 Å². The number of nitrogens with one attached hydrogen (secondary N) is 1. The molecule has 1 fully saturated rings. The van der Waals surface area contributed by atoms with E-state index >= 15 is 0 Å². The van der Waals surface area contributed by atoms with Crippen molar-refractivity contribution in [2.75, 3.05) is 56.9 Å². The van der Waals surface area contributed by atoms with E-state index in [2.05, 4.69) is 5.32 Å². The third-order valence-corrected chi connectivity index (χ3v) is 5.25. The number of ether oxygens (including phenoxy) is 3. The molecule has 10 heteroatoms. The second-order valence-electron chi connectivity index (χ2n) is 7.74. The van der Waals surface area contributed by atoms with E-state index in [4.69, 9.17) is 14.2 Å². The van der Waals surface area contributed by atoms with E-state index in [-0.39, 0.29) is 19.0 Å². The van der Waals surface area contributed by atoms with Crippen molar-refractivity contribution in [3.05, 3.63) is 47.5 Å². The van der Waals surface area contributed by atoms with Crippen molar-refractivity contribution >= 4 is 17.3 Å². The van der Waals surface area contributed by atoms with Crippen LogP contribution < -0.4 is 19.7 Å². The fraction of sp³-hybridized carbons (Fsp3) is 0.409. The lowest BCUT2D eigenvalue weighted by Crippen LogP contribution is -2.37. The van der Waals surface area contributed by atoms with E-state index in [0.717, 1.165) is 17.7 Å². The Kier molecular flexibility index (Phi) is 6.43. The lowest BCUT2D eigenvalue weighted by atomic mass is 10.1. The maximum atomic E-state index is 13.3. The first-order valence-corrected chi connectivity index (χ1v) is 10.2. The van der Waals surface area contributed by atoms with Crippen molar-refractivity contribution in [1.29, 1.82) is 0 Å². The van der Waals surface area contributed by atoms with Crippen LogP contribution in [0, 0.1) is 0 Å². The lowest BCUT2D eigenvalue weighted by Gasteiger charge is -2.31. The molecule has 172 valence electrons. The van der Waals surface area contributed by atoms with Gasteiger partial charge in [0, 0.05) is 19.6 Å². The third kappa shape index (κ3) is 5.25. The molecule has 1 amide bonds. The number of halogens is 3. The summed E-state index contributed by atoms with van der Waals surface area (Å²) in [7, 11) is 1.76. The fourth-order valence-electron chi connectivity index (χ4n) is 3.73. The molecule has 32 heavy (non-hydrogen) atoms. The van der Waals surface area contributed by atoms with Gasteiger partial charge in [-0.05, 0) is 42.9 Å². The van der Waals surface area contributed by atoms with Crippen LogP contribution in [0.3, 0.4) is 0 Å². The average Bonchev–Trinajstić information content (AvgIpc) is 3.21. The molecule has 2 heterocycles. The van der Waals surface area contributed by atoms with Crippen molar-refractivity contribution in [1.82, 2.24) is 4.90 Å². The molecular weight excluding hydrogens is 427 g/mol. The van der Waals surface area contributed by atoms with Gasteiger partial charge in [0.15, 0.2) is 11.5 Å². The number of nitrogens with zero attached hydrogens (tertiary/aromatic N) is 2. The Bertz CT molecular complexity index is 977. The number of likely N-dealkylation sites (N-methyl/N-ethyl adjacent to an activating group) is 1. The van der Waals surface area contributed by atoms with Crippen LogP contribution in [0.2, 0.25) is 0 Å². The van der Waals surface area contributed by atoms with E-state index < -0.39 is 17.6 Å². The van der Waals surface area contributed by atoms with Gasteiger partial charge in [0.25, 0.3) is 0 Å². The van der Waals surface area contributed by atoms with E-state index in [1.165, 1.54) is 6.07 Å². The second-order valence-corrected chi connectivity index (χ2v) is 7.74. The SMILES string of the molecule is CN(CC(=O)Nc1cc(C(F)(F)F)ccc1N1CCOCC1)Cc1ccc2c(c1)OCO2. The lowest BCUT2D eigenvalue weighted by molar-refractivity contribution is -0.137. The molecule has 4 rings (SSSR count). The van der Waals surface area contributed by atoms with Crippen LogP contribution in [0.4, 0.5) is 24.5 Å². The molecule has 0 spiro atoms. The number of rotatable bonds is 6. The number of hydrogen-bond donors (Lipinski definition) is 1. The topological polar surface area (TPSA) is 63.3 Å². The summed E-state index contributed by atoms with van der Waals surface area (Å²) in [5.41, 5.74) is 0.812. The zero-order valence-electron chi connectivity index (χ0n) is 17.6. The summed E-state index contributed by atoms with van der Waals surface area (Å²) in [5, 5.41) is 2.67. The van der Waals surface area contributed by atoms with Crippen LogP contribution in [-0.2, 0) is 22.3 Å². The molecule has 1 N–H and O–H groups in total. The van der Waals surface area contributed by atoms with Crippen LogP contribution >= 0.6 is 0 Å². The van der Waals surface area contributed by atoms with Crippen LogP contribution in [-0.4, -0.2) is 57.5 Å². The highest BCUT2D eigenvalue weighted by molar-refractivity contribution is 5.95. The Balaban J connectivity index is 1.44. The first kappa shape index (κ1) is 22.2. The van der Waals surface area contributed by atoms with Gasteiger partial charge in [-0.2, -0.15) is 13.2 Å². The quantitative estimate of drug-likeness (QED) is 0.727. The van der Waals surface area contributed by atoms with Gasteiger partial charge in [-0.25, -0.2) is 0 Å². The molecule has 2 aromatic rings. The zero-order valence-corrected chi connectivity index (χ0v) is 17.6. The van der Waals surface area contributed by atoms with Crippen molar-refractivity contribution in [3.63, 3.8) is 0 Å². The summed E-state index contributed by atoms with van der Waals surface area (Å²) < 4.78 is 55.7. The highest BCUT2D eigenvalue weighted by atomic mass is 19.4. The summed E-state index contributed by atoms with van der Waals surface area (Å²) in [6.45, 7) is 2.69. The van der Waals surface area contributed by atoms with Crippen LogP contribution in [0.1, 0.15) is 11.1 Å². The summed E-state index contributed by atoms with van der Waals surface area (Å²) in [4.78, 5) is 16.4. The largest absolute Gasteiger partial charge is 0.454 e. The number of anilines is 2. The van der Waals surface area contributed by atoms with E-state index in [9.17, 15) is 18.0 Å². The predicted octanol–water partition coefficient (Wildman–Crippen LogP) is 3.34. The summed E-state index contributed by atoms with van der Waals surface area (Å²) >= 11 is 0. The molecule has 0 aromatic heterocycles. The second kappa shape index (κ2) is 9.25. The van der Waals surface area contributed by atoms with Crippen LogP contribution in [0.15, 0.2) is 36.4 Å². The van der Waals surface area contributed by atoms with Crippen molar-refractivity contribution in [3.8, 4) is 11.5 Å². The van der Waals surface area contributed by atoms with Crippen molar-refractivity contribution in [2.24, 2.45) is 0 Å². The van der Waals surface area contributed by atoms with Crippen molar-refractivity contribution in [2.45, 2.75) is 12.7 Å². The third-order valence-electron chi connectivity index (χ3n) is 5.25. The monoisotopic (exact) mass is 451 g/mol. The van der Waals surface area contributed by atoms with Crippen molar-refractivity contribution < 1.29 is 32.2 Å². The molecule has 2 aromatic carbocycles. The maximum absolute atomic E-state index is 13.3. The minimum atomic E-state index is -4.50. The predicted molar refractivity (Wildman–Crippen MR) is 112 cm³/mol. The average molecular weight is 451 g/mol. The Morgan fingerprint density at radius 1 is 1.09 bits per heavy atom. The summed E-state index contributed by atoms with van der Waals surface area (Å²) in [5.74, 6) is 0.927. The Labute approximate surface area is 183 Å². The van der Waals surface area contributed by atoms with E-state index in [0.29, 0.717) is 50.0 Å². The standard InChI is InChI=1S/C22H24F3N3O4/c1-27(12-15-2-5-19-20(10-15)32-14-31-19)13-21(29)26-17-11-16(22(23,24)25)3-4-18(17)28-6-8-30-9-7-28/h2-5,10-11H,6-9,12-14H2,1H3,(H,26,29). The number of benzene rings is 2. The van der Waals surface area contributed by atoms with Gasteiger partial charge in [-0.1, -0.05) is 6.07 Å². The first-order chi connectivity index (χ1) is 15.3. The smallest absolute Gasteiger partial charge is 0.416 e. The van der Waals surface area contributed by atoms with Gasteiger partial charge in [0.2, 0.25) is 12.7 Å². The number of morpholine rings is 1. The molecule has 1 saturated heterocycles. The number of carbonyl (C=O) groups is 1. The van der Waals surface area contributed by atoms with Gasteiger partial charge in [0.05, 0.1) is 36.7 Å². The number of amides is 1. The molecule has 0 saturated carbocycles. The molecule has 0 unspecified atom stereocenters. The Morgan fingerprint density at radius 3 is 2.59 bits per heavy atom. The van der Waals surface area contributed by atoms with Gasteiger partial charge in [-0.3, -0.25) is 9.69 Å². The van der Waals surface area contributed by atoms with E-state index in [1.807, 2.05) is 23.1 Å². The number of alkyl halides is 3. The number of fused-ring (bicyclic) bond motifs is 1. The van der Waals surface area contributed by atoms with Crippen LogP contribution in [0.5, 0.6) is 11.5 Å². The first-order valence-electron chi connectivity index (χ1n) is 10.2. The summed E-state index contributed by atoms with van der Waals surface area (Å²) in [6.07, 6.45) is -4.50. The Hall–Kier alpha value is -2.98. The van der Waals surface area contributed by atoms with Gasteiger partial charge < -0.3 is 24.4 Å². The highest BCUT2D eigenvalue weighted by Crippen LogP contribution is 2.36. The normalized spacial score (nSPS) is 15.8. The minimum absolute atomic E-state index is 0.00718. The maximum Gasteiger partial charge on any atom is 0.416 e. The molecular formula is C22H24F3N3O4. The molecule has 0 aliphatic carbocycles. The number of hydrogen-bond acceptors (Lipinski definition) is 6. The Morgan fingerprint density at radius 2 is 1.84 bits per heavy atom. The van der Waals surface area contributed by atoms with Gasteiger partial charge >= 0.3 is 6.18 Å². The summed E-state index contributed by atoms with van der Waals surface area (Å²) in [6, 6.07) is 8.96.